The normalized spacial score (nSPS) is 15.9. The van der Waals surface area contributed by atoms with Gasteiger partial charge in [0.25, 0.3) is 0 Å². The van der Waals surface area contributed by atoms with Crippen LogP contribution in [-0.2, 0) is 20.8 Å². The smallest absolute Gasteiger partial charge is 0.341 e. The van der Waals surface area contributed by atoms with Gasteiger partial charge in [0, 0.05) is 21.8 Å². The third kappa shape index (κ3) is 3.79. The van der Waals surface area contributed by atoms with Gasteiger partial charge in [-0.25, -0.2) is 9.59 Å². The van der Waals surface area contributed by atoms with Gasteiger partial charge < -0.3 is 9.47 Å². The molecule has 0 unspecified atom stereocenters. The molecular weight excluding hydrogens is 436 g/mol. The molecule has 0 fully saturated rings. The Bertz CT molecular complexity index is 1260. The van der Waals surface area contributed by atoms with E-state index in [1.54, 1.807) is 66.7 Å². The van der Waals surface area contributed by atoms with Gasteiger partial charge in [-0.3, -0.25) is 4.79 Å². The Morgan fingerprint density at radius 3 is 1.91 bits per heavy atom. The number of para-hydroxylation sites is 2. The Morgan fingerprint density at radius 1 is 0.758 bits per heavy atom. The van der Waals surface area contributed by atoms with Gasteiger partial charge in [0.05, 0.1) is 0 Å². The molecule has 3 aromatic rings. The van der Waals surface area contributed by atoms with E-state index in [0.717, 1.165) is 10.5 Å². The summed E-state index contributed by atoms with van der Waals surface area (Å²) in [5.74, 6) is -2.14. The van der Waals surface area contributed by atoms with Crippen molar-refractivity contribution in [1.29, 1.82) is 0 Å². The lowest BCUT2D eigenvalue weighted by Gasteiger charge is -2.31. The highest BCUT2D eigenvalue weighted by atomic mass is 32.2. The van der Waals surface area contributed by atoms with Crippen LogP contribution in [0, 0.1) is 5.41 Å². The predicted molar refractivity (Wildman–Crippen MR) is 124 cm³/mol. The standard InChI is InChI=1S/C27H18O5S/c28-24-21-17-18-9-7-8-14-22(18)33-23(21)15-16-27(24,25(29)31-19-10-3-1-4-11-19)26(30)32-20-12-5-2-6-13-20/h1-16H,17H2. The third-order valence-electron chi connectivity index (χ3n) is 5.53. The topological polar surface area (TPSA) is 69.7 Å². The van der Waals surface area contributed by atoms with Gasteiger partial charge in [-0.05, 0) is 48.0 Å². The van der Waals surface area contributed by atoms with Crippen LogP contribution in [0.2, 0.25) is 0 Å². The minimum atomic E-state index is -2.24. The molecule has 5 rings (SSSR count). The Hall–Kier alpha value is -3.90. The fourth-order valence-corrected chi connectivity index (χ4v) is 4.88. The molecule has 0 N–H and O–H groups in total. The van der Waals surface area contributed by atoms with Crippen LogP contribution in [-0.4, -0.2) is 17.7 Å². The molecule has 1 aliphatic heterocycles. The van der Waals surface area contributed by atoms with Crippen LogP contribution in [0.5, 0.6) is 11.5 Å². The summed E-state index contributed by atoms with van der Waals surface area (Å²) in [6.07, 6.45) is 3.28. The zero-order valence-corrected chi connectivity index (χ0v) is 18.2. The number of Topliss-reactive ketones (excluding diaryl/α,β-unsaturated/α-hetero) is 1. The van der Waals surface area contributed by atoms with E-state index in [1.807, 2.05) is 24.3 Å². The molecule has 1 aliphatic carbocycles. The summed E-state index contributed by atoms with van der Waals surface area (Å²) in [5.41, 5.74) is -0.875. The maximum Gasteiger partial charge on any atom is 0.341 e. The summed E-state index contributed by atoms with van der Waals surface area (Å²) < 4.78 is 11.0. The first-order valence-corrected chi connectivity index (χ1v) is 11.2. The summed E-state index contributed by atoms with van der Waals surface area (Å²) in [5, 5.41) is 0. The Labute approximate surface area is 194 Å². The van der Waals surface area contributed by atoms with Crippen LogP contribution >= 0.6 is 11.8 Å². The quantitative estimate of drug-likeness (QED) is 0.316. The zero-order valence-electron chi connectivity index (χ0n) is 17.4. The average molecular weight is 455 g/mol. The maximum absolute atomic E-state index is 13.8. The number of ketones is 1. The lowest BCUT2D eigenvalue weighted by atomic mass is 9.75. The molecule has 0 saturated carbocycles. The predicted octanol–water partition coefficient (Wildman–Crippen LogP) is 4.93. The highest BCUT2D eigenvalue weighted by molar-refractivity contribution is 8.03. The molecule has 0 spiro atoms. The van der Waals surface area contributed by atoms with Gasteiger partial charge in [-0.15, -0.1) is 0 Å². The second-order valence-corrected chi connectivity index (χ2v) is 8.69. The minimum Gasteiger partial charge on any atom is -0.425 e. The number of carbonyl (C=O) groups is 3. The van der Waals surface area contributed by atoms with Crippen molar-refractivity contribution in [2.75, 3.05) is 0 Å². The number of hydrogen-bond acceptors (Lipinski definition) is 6. The van der Waals surface area contributed by atoms with Crippen molar-refractivity contribution in [3.63, 3.8) is 0 Å². The number of thioether (sulfide) groups is 1. The molecule has 0 atom stereocenters. The first-order chi connectivity index (χ1) is 16.1. The molecule has 33 heavy (non-hydrogen) atoms. The van der Waals surface area contributed by atoms with Crippen LogP contribution in [0.25, 0.3) is 0 Å². The van der Waals surface area contributed by atoms with Crippen molar-refractivity contribution in [2.45, 2.75) is 11.3 Å². The van der Waals surface area contributed by atoms with E-state index in [4.69, 9.17) is 9.47 Å². The van der Waals surface area contributed by atoms with E-state index in [1.165, 1.54) is 17.8 Å². The lowest BCUT2D eigenvalue weighted by Crippen LogP contribution is -2.51. The Morgan fingerprint density at radius 2 is 1.30 bits per heavy atom. The number of ether oxygens (including phenoxy) is 2. The van der Waals surface area contributed by atoms with Crippen LogP contribution in [0.15, 0.2) is 112 Å². The number of hydrogen-bond donors (Lipinski definition) is 0. The van der Waals surface area contributed by atoms with Crippen molar-refractivity contribution >= 4 is 29.5 Å². The molecule has 3 aromatic carbocycles. The molecule has 0 saturated heterocycles. The van der Waals surface area contributed by atoms with Crippen molar-refractivity contribution in [3.8, 4) is 11.5 Å². The van der Waals surface area contributed by atoms with Gasteiger partial charge in [0.1, 0.15) is 11.5 Å². The Balaban J connectivity index is 1.54. The van der Waals surface area contributed by atoms with Gasteiger partial charge in [-0.1, -0.05) is 66.4 Å². The molecule has 1 heterocycles. The first-order valence-electron chi connectivity index (χ1n) is 10.4. The molecule has 0 bridgehead atoms. The molecule has 2 aliphatic rings. The van der Waals surface area contributed by atoms with Crippen molar-refractivity contribution in [3.05, 3.63) is 113 Å². The van der Waals surface area contributed by atoms with Gasteiger partial charge >= 0.3 is 11.9 Å². The number of benzene rings is 3. The van der Waals surface area contributed by atoms with E-state index in [2.05, 4.69) is 0 Å². The summed E-state index contributed by atoms with van der Waals surface area (Å²) >= 11 is 1.44. The van der Waals surface area contributed by atoms with E-state index >= 15 is 0 Å². The molecule has 0 aromatic heterocycles. The second-order valence-electron chi connectivity index (χ2n) is 7.60. The number of fused-ring (bicyclic) bond motifs is 1. The highest BCUT2D eigenvalue weighted by Crippen LogP contribution is 2.45. The van der Waals surface area contributed by atoms with Gasteiger partial charge in [0.2, 0.25) is 5.41 Å². The second kappa shape index (κ2) is 8.56. The molecule has 0 radical (unpaired) electrons. The molecule has 6 heteroatoms. The van der Waals surface area contributed by atoms with Gasteiger partial charge in [0.15, 0.2) is 5.78 Å². The monoisotopic (exact) mass is 454 g/mol. The maximum atomic E-state index is 13.8. The summed E-state index contributed by atoms with van der Waals surface area (Å²) in [6.45, 7) is 0. The molecule has 0 amide bonds. The van der Waals surface area contributed by atoms with Crippen LogP contribution in [0.4, 0.5) is 0 Å². The summed E-state index contributed by atoms with van der Waals surface area (Å²) in [6, 6.07) is 24.4. The van der Waals surface area contributed by atoms with E-state index in [9.17, 15) is 14.4 Å². The van der Waals surface area contributed by atoms with Crippen molar-refractivity contribution in [2.24, 2.45) is 5.41 Å². The first kappa shape index (κ1) is 21.0. The van der Waals surface area contributed by atoms with Crippen LogP contribution in [0.1, 0.15) is 5.56 Å². The van der Waals surface area contributed by atoms with E-state index in [0.29, 0.717) is 16.9 Å². The SMILES string of the molecule is O=C(Oc1ccccc1)C1(C(=O)Oc2ccccc2)C=CC2=C(Cc3ccccc3S2)C1=O. The van der Waals surface area contributed by atoms with E-state index < -0.39 is 23.1 Å². The zero-order chi connectivity index (χ0) is 22.8. The van der Waals surface area contributed by atoms with Crippen LogP contribution < -0.4 is 9.47 Å². The third-order valence-corrected chi connectivity index (χ3v) is 6.75. The molecule has 5 nitrogen and oxygen atoms in total. The average Bonchev–Trinajstić information content (AvgIpc) is 2.84. The number of allylic oxidation sites excluding steroid dienone is 2. The van der Waals surface area contributed by atoms with Crippen LogP contribution in [0.3, 0.4) is 0 Å². The van der Waals surface area contributed by atoms with Crippen molar-refractivity contribution < 1.29 is 23.9 Å². The van der Waals surface area contributed by atoms with E-state index in [-0.39, 0.29) is 11.5 Å². The molecular formula is C27H18O5S. The van der Waals surface area contributed by atoms with Gasteiger partial charge in [-0.2, -0.15) is 0 Å². The largest absolute Gasteiger partial charge is 0.425 e. The number of carbonyl (C=O) groups excluding carboxylic acids is 3. The fourth-order valence-electron chi connectivity index (χ4n) is 3.81. The lowest BCUT2D eigenvalue weighted by molar-refractivity contribution is -0.160. The molecule has 162 valence electrons. The highest BCUT2D eigenvalue weighted by Gasteiger charge is 2.57. The Kier molecular flexibility index (Phi) is 5.44. The van der Waals surface area contributed by atoms with Crippen molar-refractivity contribution in [1.82, 2.24) is 0 Å². The number of rotatable bonds is 4. The summed E-state index contributed by atoms with van der Waals surface area (Å²) in [4.78, 5) is 42.4. The number of esters is 2. The fraction of sp³-hybridized carbons (Fsp3) is 0.0741. The minimum absolute atomic E-state index is 0.235. The summed E-state index contributed by atoms with van der Waals surface area (Å²) in [7, 11) is 0.